The maximum Gasteiger partial charge on any atom is 0.335 e. The maximum absolute atomic E-state index is 11.4. The Labute approximate surface area is 192 Å². The number of aromatic amines is 1. The number of aromatic carboxylic acids is 1. The van der Waals surface area contributed by atoms with E-state index in [4.69, 9.17) is 13.6 Å². The molecule has 6 heteroatoms. The Kier molecular flexibility index (Phi) is 4.57. The minimum atomic E-state index is -2.55. The van der Waals surface area contributed by atoms with Crippen molar-refractivity contribution in [1.29, 1.82) is 0 Å². The number of H-pyrrole nitrogens is 1. The summed E-state index contributed by atoms with van der Waals surface area (Å²) in [5.41, 5.74) is 3.84. The topological polar surface area (TPSA) is 74.8 Å². The zero-order valence-corrected chi connectivity index (χ0v) is 18.2. The lowest BCUT2D eigenvalue weighted by molar-refractivity contribution is -0.0676. The smallest absolute Gasteiger partial charge is 0.335 e. The minimum Gasteiger partial charge on any atom is -0.496 e. The molecule has 2 N–H and O–H groups in total. The first-order chi connectivity index (χ1) is 16.6. The number of benzene rings is 2. The number of likely N-dealkylation sites (tertiary alicyclic amines) is 1. The van der Waals surface area contributed by atoms with Gasteiger partial charge in [-0.25, -0.2) is 4.79 Å². The largest absolute Gasteiger partial charge is 0.496 e. The van der Waals surface area contributed by atoms with Gasteiger partial charge in [-0.2, -0.15) is 0 Å². The second-order valence-electron chi connectivity index (χ2n) is 9.04. The van der Waals surface area contributed by atoms with Crippen molar-refractivity contribution in [2.75, 3.05) is 20.2 Å². The third-order valence-corrected chi connectivity index (χ3v) is 7.17. The van der Waals surface area contributed by atoms with Gasteiger partial charge in [-0.05, 0) is 68.0 Å². The monoisotopic (exact) mass is 437 g/mol. The molecule has 2 atom stereocenters. The van der Waals surface area contributed by atoms with E-state index in [2.05, 4.69) is 9.88 Å². The molecule has 5 rings (SSSR count). The van der Waals surface area contributed by atoms with E-state index in [1.165, 1.54) is 0 Å². The molecule has 0 bridgehead atoms. The number of hydrogen-bond donors (Lipinski definition) is 2. The molecule has 2 saturated heterocycles. The predicted molar refractivity (Wildman–Crippen MR) is 123 cm³/mol. The molecule has 2 aromatic carbocycles. The number of carboxylic acids is 1. The number of rotatable bonds is 5. The molecule has 0 saturated carbocycles. The number of carboxylic acid groups (broad SMARTS) is 1. The van der Waals surface area contributed by atoms with Gasteiger partial charge in [-0.1, -0.05) is 12.1 Å². The van der Waals surface area contributed by atoms with E-state index in [0.717, 1.165) is 66.4 Å². The summed E-state index contributed by atoms with van der Waals surface area (Å²) >= 11 is 0. The van der Waals surface area contributed by atoms with Crippen molar-refractivity contribution in [3.05, 3.63) is 64.8 Å². The first kappa shape index (κ1) is 17.7. The van der Waals surface area contributed by atoms with E-state index in [1.807, 2.05) is 31.3 Å². The lowest BCUT2D eigenvalue weighted by Crippen LogP contribution is -2.45. The highest BCUT2D eigenvalue weighted by atomic mass is 16.5. The Morgan fingerprint density at radius 2 is 2.19 bits per heavy atom. The predicted octanol–water partition coefficient (Wildman–Crippen LogP) is 5.07. The number of aryl methyl sites for hydroxylation is 1. The standard InChI is InChI=1S/C26H30N2O4/c1-17-14-23(31-2)21(20-8-11-27-24(17)20)16-28-12-10-26(9-3-13-32-26)15-22(28)18-4-6-19(7-5-18)25(29)30/h4-8,11,14,22,27H,3,9-10,12-13,15-16H2,1-2H3,(H,29,30)/t22-,26-/m0/s1/i2D3. The summed E-state index contributed by atoms with van der Waals surface area (Å²) < 4.78 is 34.8. The maximum atomic E-state index is 11.4. The average Bonchev–Trinajstić information content (AvgIpc) is 3.47. The highest BCUT2D eigenvalue weighted by molar-refractivity contribution is 5.88. The van der Waals surface area contributed by atoms with Crippen LogP contribution in [0.1, 0.15) is 62.9 Å². The Morgan fingerprint density at radius 3 is 2.91 bits per heavy atom. The van der Waals surface area contributed by atoms with Gasteiger partial charge in [0.1, 0.15) is 5.75 Å². The molecule has 1 spiro atoms. The summed E-state index contributed by atoms with van der Waals surface area (Å²) in [5.74, 6) is -0.583. The van der Waals surface area contributed by atoms with Crippen LogP contribution < -0.4 is 4.74 Å². The molecule has 1 aromatic heterocycles. The SMILES string of the molecule is [2H]C([2H])([2H])Oc1cc(C)c2[nH]ccc2c1CN1CC[C@@]2(CCCO2)C[C@H]1c1ccc(C(=O)O)cc1. The highest BCUT2D eigenvalue weighted by Crippen LogP contribution is 2.45. The van der Waals surface area contributed by atoms with Gasteiger partial charge in [0.05, 0.1) is 22.3 Å². The van der Waals surface area contributed by atoms with E-state index in [9.17, 15) is 9.90 Å². The van der Waals surface area contributed by atoms with E-state index < -0.39 is 13.0 Å². The van der Waals surface area contributed by atoms with Crippen molar-refractivity contribution in [3.8, 4) is 5.75 Å². The van der Waals surface area contributed by atoms with Gasteiger partial charge in [-0.15, -0.1) is 0 Å². The van der Waals surface area contributed by atoms with Crippen LogP contribution in [0.25, 0.3) is 10.9 Å². The molecule has 3 aromatic rings. The molecular formula is C26H30N2O4. The number of methoxy groups -OCH3 is 1. The van der Waals surface area contributed by atoms with Crippen molar-refractivity contribution in [2.45, 2.75) is 50.8 Å². The summed E-state index contributed by atoms with van der Waals surface area (Å²) in [6.07, 6.45) is 5.62. The summed E-state index contributed by atoms with van der Waals surface area (Å²) in [6.45, 7) is 3.98. The van der Waals surface area contributed by atoms with Crippen molar-refractivity contribution in [1.82, 2.24) is 9.88 Å². The van der Waals surface area contributed by atoms with Crippen molar-refractivity contribution in [2.24, 2.45) is 0 Å². The third-order valence-electron chi connectivity index (χ3n) is 7.17. The van der Waals surface area contributed by atoms with Gasteiger partial charge < -0.3 is 19.6 Å². The third kappa shape index (κ3) is 3.67. The van der Waals surface area contributed by atoms with Crippen LogP contribution in [-0.2, 0) is 11.3 Å². The van der Waals surface area contributed by atoms with Crippen molar-refractivity contribution < 1.29 is 23.5 Å². The van der Waals surface area contributed by atoms with Gasteiger partial charge in [0, 0.05) is 48.4 Å². The van der Waals surface area contributed by atoms with Crippen molar-refractivity contribution >= 4 is 16.9 Å². The molecule has 2 aliphatic rings. The summed E-state index contributed by atoms with van der Waals surface area (Å²) in [7, 11) is -2.55. The van der Waals surface area contributed by atoms with Gasteiger partial charge in [0.15, 0.2) is 0 Å². The molecule has 32 heavy (non-hydrogen) atoms. The molecule has 6 nitrogen and oxygen atoms in total. The molecule has 0 unspecified atom stereocenters. The van der Waals surface area contributed by atoms with E-state index in [-0.39, 0.29) is 17.2 Å². The van der Waals surface area contributed by atoms with Crippen LogP contribution in [0, 0.1) is 6.92 Å². The summed E-state index contributed by atoms with van der Waals surface area (Å²) in [5, 5.41) is 10.3. The zero-order valence-electron chi connectivity index (χ0n) is 21.2. The molecule has 3 heterocycles. The van der Waals surface area contributed by atoms with Crippen LogP contribution in [0.15, 0.2) is 42.6 Å². The summed E-state index contributed by atoms with van der Waals surface area (Å²) in [6, 6.07) is 10.8. The number of carbonyl (C=O) groups is 1. The number of nitrogens with zero attached hydrogens (tertiary/aromatic N) is 1. The number of fused-ring (bicyclic) bond motifs is 1. The summed E-state index contributed by atoms with van der Waals surface area (Å²) in [4.78, 5) is 17.0. The van der Waals surface area contributed by atoms with Crippen LogP contribution >= 0.6 is 0 Å². The van der Waals surface area contributed by atoms with Crippen LogP contribution in [0.2, 0.25) is 0 Å². The van der Waals surface area contributed by atoms with E-state index >= 15 is 0 Å². The molecule has 0 amide bonds. The zero-order chi connectivity index (χ0) is 24.8. The Balaban J connectivity index is 1.53. The number of nitrogens with one attached hydrogen (secondary N) is 1. The fourth-order valence-electron chi connectivity index (χ4n) is 5.46. The van der Waals surface area contributed by atoms with Gasteiger partial charge in [0.2, 0.25) is 0 Å². The van der Waals surface area contributed by atoms with Crippen LogP contribution in [0.3, 0.4) is 0 Å². The average molecular weight is 438 g/mol. The molecule has 2 fully saturated rings. The fraction of sp³-hybridized carbons (Fsp3) is 0.423. The quantitative estimate of drug-likeness (QED) is 0.583. The van der Waals surface area contributed by atoms with E-state index in [1.54, 1.807) is 18.2 Å². The van der Waals surface area contributed by atoms with Crippen LogP contribution in [0.4, 0.5) is 0 Å². The number of ether oxygens (including phenoxy) is 2. The van der Waals surface area contributed by atoms with E-state index in [0.29, 0.717) is 12.3 Å². The normalized spacial score (nSPS) is 25.5. The van der Waals surface area contributed by atoms with Gasteiger partial charge in [-0.3, -0.25) is 4.90 Å². The highest BCUT2D eigenvalue weighted by Gasteiger charge is 2.43. The van der Waals surface area contributed by atoms with Crippen molar-refractivity contribution in [3.63, 3.8) is 0 Å². The molecule has 0 aliphatic carbocycles. The Hall–Kier alpha value is -2.83. The molecular weight excluding hydrogens is 404 g/mol. The Morgan fingerprint density at radius 1 is 1.34 bits per heavy atom. The Bertz CT molecular complexity index is 1230. The number of hydrogen-bond acceptors (Lipinski definition) is 4. The number of piperidine rings is 1. The molecule has 2 aliphatic heterocycles. The first-order valence-electron chi connectivity index (χ1n) is 12.6. The first-order valence-corrected chi connectivity index (χ1v) is 11.1. The molecule has 0 radical (unpaired) electrons. The number of aromatic nitrogens is 1. The second kappa shape index (κ2) is 8.26. The lowest BCUT2D eigenvalue weighted by Gasteiger charge is -2.45. The van der Waals surface area contributed by atoms with Crippen LogP contribution in [0.5, 0.6) is 5.75 Å². The van der Waals surface area contributed by atoms with Gasteiger partial charge >= 0.3 is 5.97 Å². The molecule has 168 valence electrons. The lowest BCUT2D eigenvalue weighted by atomic mass is 9.81. The second-order valence-corrected chi connectivity index (χ2v) is 9.04. The van der Waals surface area contributed by atoms with Gasteiger partial charge in [0.25, 0.3) is 0 Å². The van der Waals surface area contributed by atoms with Crippen LogP contribution in [-0.4, -0.2) is 46.8 Å². The minimum absolute atomic E-state index is 0.000557. The fourth-order valence-corrected chi connectivity index (χ4v) is 5.46.